The number of hydrogen-bond donors (Lipinski definition) is 0. The molecule has 0 saturated carbocycles. The number of piperidine rings is 1. The van der Waals surface area contributed by atoms with Crippen LogP contribution in [0.25, 0.3) is 22.2 Å². The van der Waals surface area contributed by atoms with Crippen molar-refractivity contribution in [2.45, 2.75) is 37.8 Å². The van der Waals surface area contributed by atoms with Gasteiger partial charge in [-0.2, -0.15) is 5.10 Å². The van der Waals surface area contributed by atoms with E-state index in [9.17, 15) is 18.0 Å². The van der Waals surface area contributed by atoms with Gasteiger partial charge in [0.2, 0.25) is 0 Å². The quantitative estimate of drug-likeness (QED) is 0.403. The number of benzene rings is 2. The molecule has 0 aliphatic carbocycles. The third kappa shape index (κ3) is 3.03. The van der Waals surface area contributed by atoms with Crippen molar-refractivity contribution < 1.29 is 18.0 Å². The number of carbonyl (C=O) groups excluding carboxylic acids is 1. The summed E-state index contributed by atoms with van der Waals surface area (Å²) in [5.74, 6) is -4.16. The molecule has 2 unspecified atom stereocenters. The Morgan fingerprint density at radius 1 is 1.06 bits per heavy atom. The van der Waals surface area contributed by atoms with Gasteiger partial charge in [0.25, 0.3) is 5.91 Å². The molecular formula is C25H20F3N5O. The number of nitrogens with zero attached hydrogens (tertiary/aromatic N) is 5. The number of amides is 1. The summed E-state index contributed by atoms with van der Waals surface area (Å²) in [4.78, 5) is 24.2. The molecule has 1 amide bonds. The van der Waals surface area contributed by atoms with Crippen LogP contribution in [0.4, 0.5) is 13.2 Å². The average molecular weight is 463 g/mol. The normalized spacial score (nSPS) is 19.4. The fourth-order valence-corrected chi connectivity index (χ4v) is 5.50. The van der Waals surface area contributed by atoms with E-state index in [2.05, 4.69) is 15.1 Å². The molecule has 2 aliphatic rings. The monoisotopic (exact) mass is 463 g/mol. The molecule has 4 aromatic rings. The lowest BCUT2D eigenvalue weighted by molar-refractivity contribution is 0.0388. The van der Waals surface area contributed by atoms with Gasteiger partial charge in [-0.05, 0) is 43.9 Å². The van der Waals surface area contributed by atoms with Crippen LogP contribution in [0.3, 0.4) is 0 Å². The Bertz CT molecular complexity index is 1440. The maximum Gasteiger partial charge on any atom is 0.274 e. The topological polar surface area (TPSA) is 63.9 Å². The Labute approximate surface area is 193 Å². The minimum atomic E-state index is -1.49. The van der Waals surface area contributed by atoms with Crippen molar-refractivity contribution >= 4 is 16.8 Å². The summed E-state index contributed by atoms with van der Waals surface area (Å²) in [6, 6.07) is 9.00. The highest BCUT2D eigenvalue weighted by Gasteiger charge is 2.44. The summed E-state index contributed by atoms with van der Waals surface area (Å²) < 4.78 is 43.1. The number of aryl methyl sites for hydroxylation is 1. The van der Waals surface area contributed by atoms with Crippen LogP contribution in [0.15, 0.2) is 42.7 Å². The van der Waals surface area contributed by atoms with Crippen LogP contribution in [0, 0.1) is 17.5 Å². The standard InChI is InChI=1S/C25H20F3N5O/c1-32-24(13-9-17(26)21(28)18(27)10-13)16-11-14-5-4-8-20(22(16)31-32)33(14)25(34)23-15-6-2-3-7-19(15)29-12-30-23/h2-3,6-7,9-10,12,14,20H,4-5,8,11H2,1H3. The van der Waals surface area contributed by atoms with E-state index in [4.69, 9.17) is 0 Å². The molecule has 1 saturated heterocycles. The molecule has 0 spiro atoms. The van der Waals surface area contributed by atoms with E-state index < -0.39 is 17.5 Å². The first kappa shape index (κ1) is 20.8. The van der Waals surface area contributed by atoms with Gasteiger partial charge < -0.3 is 4.90 Å². The molecule has 6 rings (SSSR count). The molecule has 34 heavy (non-hydrogen) atoms. The maximum atomic E-state index is 14.0. The smallest absolute Gasteiger partial charge is 0.274 e. The lowest BCUT2D eigenvalue weighted by atomic mass is 9.81. The van der Waals surface area contributed by atoms with E-state index in [1.54, 1.807) is 11.7 Å². The van der Waals surface area contributed by atoms with E-state index in [0.717, 1.165) is 37.0 Å². The van der Waals surface area contributed by atoms with E-state index in [1.807, 2.05) is 29.2 Å². The van der Waals surface area contributed by atoms with Crippen LogP contribution >= 0.6 is 0 Å². The number of fused-ring (bicyclic) bond motifs is 5. The molecule has 4 heterocycles. The minimum absolute atomic E-state index is 0.106. The van der Waals surface area contributed by atoms with Gasteiger partial charge in [0.15, 0.2) is 17.5 Å². The van der Waals surface area contributed by atoms with Gasteiger partial charge in [0.05, 0.1) is 22.9 Å². The van der Waals surface area contributed by atoms with E-state index in [-0.39, 0.29) is 23.6 Å². The van der Waals surface area contributed by atoms with Crippen molar-refractivity contribution in [2.24, 2.45) is 7.05 Å². The number of hydrogen-bond acceptors (Lipinski definition) is 4. The highest BCUT2D eigenvalue weighted by atomic mass is 19.2. The molecule has 9 heteroatoms. The number of para-hydroxylation sites is 1. The summed E-state index contributed by atoms with van der Waals surface area (Å²) in [6.45, 7) is 0. The van der Waals surface area contributed by atoms with Gasteiger partial charge in [-0.1, -0.05) is 18.2 Å². The van der Waals surface area contributed by atoms with Gasteiger partial charge in [-0.25, -0.2) is 23.1 Å². The maximum absolute atomic E-state index is 14.0. The first-order chi connectivity index (χ1) is 16.4. The molecule has 2 aliphatic heterocycles. The number of rotatable bonds is 2. The van der Waals surface area contributed by atoms with E-state index >= 15 is 0 Å². The SMILES string of the molecule is Cn1nc2c(c1-c1cc(F)c(F)c(F)c1)CC1CCCC2N1C(=O)c1ncnc2ccccc12. The summed E-state index contributed by atoms with van der Waals surface area (Å²) in [6.07, 6.45) is 4.35. The third-order valence-electron chi connectivity index (χ3n) is 6.91. The highest BCUT2D eigenvalue weighted by Crippen LogP contribution is 2.45. The Kier molecular flexibility index (Phi) is 4.68. The Morgan fingerprint density at radius 3 is 2.62 bits per heavy atom. The van der Waals surface area contributed by atoms with Crippen molar-refractivity contribution in [1.29, 1.82) is 0 Å². The van der Waals surface area contributed by atoms with Crippen molar-refractivity contribution in [3.63, 3.8) is 0 Å². The van der Waals surface area contributed by atoms with Crippen molar-refractivity contribution in [3.05, 3.63) is 77.1 Å². The van der Waals surface area contributed by atoms with Crippen LogP contribution in [0.1, 0.15) is 47.1 Å². The Morgan fingerprint density at radius 2 is 1.82 bits per heavy atom. The predicted octanol–water partition coefficient (Wildman–Crippen LogP) is 4.74. The molecule has 6 nitrogen and oxygen atoms in total. The van der Waals surface area contributed by atoms with Crippen LogP contribution in [-0.4, -0.2) is 36.6 Å². The van der Waals surface area contributed by atoms with Crippen LogP contribution in [0.2, 0.25) is 0 Å². The van der Waals surface area contributed by atoms with Gasteiger partial charge in [-0.15, -0.1) is 0 Å². The van der Waals surface area contributed by atoms with Crippen molar-refractivity contribution in [3.8, 4) is 11.3 Å². The third-order valence-corrected chi connectivity index (χ3v) is 6.91. The summed E-state index contributed by atoms with van der Waals surface area (Å²) in [7, 11) is 1.70. The van der Waals surface area contributed by atoms with Crippen LogP contribution in [0.5, 0.6) is 0 Å². The zero-order valence-electron chi connectivity index (χ0n) is 18.3. The molecule has 2 atom stereocenters. The average Bonchev–Trinajstić information content (AvgIpc) is 3.16. The molecule has 172 valence electrons. The molecule has 2 bridgehead atoms. The second-order valence-electron chi connectivity index (χ2n) is 8.85. The Hall–Kier alpha value is -3.75. The van der Waals surface area contributed by atoms with Crippen molar-refractivity contribution in [1.82, 2.24) is 24.6 Å². The van der Waals surface area contributed by atoms with Gasteiger partial charge in [0.1, 0.15) is 12.0 Å². The van der Waals surface area contributed by atoms with E-state index in [1.165, 1.54) is 6.33 Å². The molecule has 2 aromatic heterocycles. The van der Waals surface area contributed by atoms with Crippen molar-refractivity contribution in [2.75, 3.05) is 0 Å². The zero-order chi connectivity index (χ0) is 23.6. The Balaban J connectivity index is 1.46. The first-order valence-electron chi connectivity index (χ1n) is 11.2. The summed E-state index contributed by atoms with van der Waals surface area (Å²) in [5, 5.41) is 5.36. The van der Waals surface area contributed by atoms with Gasteiger partial charge in [-0.3, -0.25) is 9.48 Å². The van der Waals surface area contributed by atoms with Crippen LogP contribution < -0.4 is 0 Å². The summed E-state index contributed by atoms with van der Waals surface area (Å²) >= 11 is 0. The molecule has 2 aromatic carbocycles. The van der Waals surface area contributed by atoms with Crippen LogP contribution in [-0.2, 0) is 13.5 Å². The second kappa shape index (κ2) is 7.65. The molecule has 1 fully saturated rings. The van der Waals surface area contributed by atoms with Gasteiger partial charge in [0, 0.05) is 29.6 Å². The fourth-order valence-electron chi connectivity index (χ4n) is 5.50. The fraction of sp³-hybridized carbons (Fsp3) is 0.280. The lowest BCUT2D eigenvalue weighted by Gasteiger charge is -2.45. The lowest BCUT2D eigenvalue weighted by Crippen LogP contribution is -2.50. The highest BCUT2D eigenvalue weighted by molar-refractivity contribution is 6.04. The van der Waals surface area contributed by atoms with E-state index in [0.29, 0.717) is 34.4 Å². The second-order valence-corrected chi connectivity index (χ2v) is 8.85. The first-order valence-corrected chi connectivity index (χ1v) is 11.2. The zero-order valence-corrected chi connectivity index (χ0v) is 18.3. The molecular weight excluding hydrogens is 443 g/mol. The minimum Gasteiger partial charge on any atom is -0.325 e. The molecule has 0 N–H and O–H groups in total. The molecule has 0 radical (unpaired) electrons. The largest absolute Gasteiger partial charge is 0.325 e. The predicted molar refractivity (Wildman–Crippen MR) is 118 cm³/mol. The number of carbonyl (C=O) groups is 1. The van der Waals surface area contributed by atoms with Gasteiger partial charge >= 0.3 is 0 Å². The number of halogens is 3. The number of aromatic nitrogens is 4. The summed E-state index contributed by atoms with van der Waals surface area (Å²) in [5.41, 5.74) is 3.38.